The van der Waals surface area contributed by atoms with Crippen LogP contribution in [0.2, 0.25) is 0 Å². The zero-order chi connectivity index (χ0) is 48.5. The second-order valence-electron chi connectivity index (χ2n) is 18.0. The third-order valence-electron chi connectivity index (χ3n) is 13.6. The molecule has 6 nitrogen and oxygen atoms in total. The van der Waals surface area contributed by atoms with Crippen LogP contribution in [0.15, 0.2) is 266 Å². The molecule has 6 aromatic heterocycles. The molecule has 0 unspecified atom stereocenters. The molecule has 0 fully saturated rings. The van der Waals surface area contributed by atoms with Gasteiger partial charge in [-0.05, 0) is 141 Å². The number of pyridine rings is 5. The Morgan fingerprint density at radius 3 is 1.18 bits per heavy atom. The minimum Gasteiger partial charge on any atom is -0.455 e. The third kappa shape index (κ3) is 8.23. The van der Waals surface area contributed by atoms with Crippen LogP contribution in [0.1, 0.15) is 0 Å². The molecule has 13 aromatic rings. The summed E-state index contributed by atoms with van der Waals surface area (Å²) in [6.45, 7) is 0. The number of nitrogens with zero attached hydrogens (tertiary/aromatic N) is 5. The summed E-state index contributed by atoms with van der Waals surface area (Å²) >= 11 is 0. The Labute approximate surface area is 422 Å². The zero-order valence-corrected chi connectivity index (χ0v) is 39.5. The van der Waals surface area contributed by atoms with E-state index in [0.717, 1.165) is 134 Å². The van der Waals surface area contributed by atoms with Crippen molar-refractivity contribution in [2.24, 2.45) is 0 Å². The molecule has 0 N–H and O–H groups in total. The molecule has 13 rings (SSSR count). The van der Waals surface area contributed by atoms with Crippen molar-refractivity contribution in [3.8, 4) is 112 Å². The summed E-state index contributed by atoms with van der Waals surface area (Å²) in [5.41, 5.74) is 21.7. The Bertz CT molecular complexity index is 3970. The van der Waals surface area contributed by atoms with Gasteiger partial charge in [-0.15, -0.1) is 0 Å². The van der Waals surface area contributed by atoms with E-state index in [1.54, 1.807) is 0 Å². The van der Waals surface area contributed by atoms with Crippen LogP contribution in [0.4, 0.5) is 0 Å². The molecule has 0 amide bonds. The molecule has 0 aliphatic rings. The van der Waals surface area contributed by atoms with Crippen LogP contribution in [0.5, 0.6) is 0 Å². The zero-order valence-electron chi connectivity index (χ0n) is 39.5. The summed E-state index contributed by atoms with van der Waals surface area (Å²) in [4.78, 5) is 24.0. The maximum atomic E-state index is 6.74. The largest absolute Gasteiger partial charge is 0.455 e. The summed E-state index contributed by atoms with van der Waals surface area (Å²) in [6.07, 6.45) is 9.30. The van der Waals surface area contributed by atoms with E-state index in [9.17, 15) is 0 Å². The van der Waals surface area contributed by atoms with E-state index < -0.39 is 0 Å². The molecule has 0 saturated heterocycles. The van der Waals surface area contributed by atoms with Crippen LogP contribution in [0.25, 0.3) is 134 Å². The average Bonchev–Trinajstić information content (AvgIpc) is 3.87. The number of hydrogen-bond acceptors (Lipinski definition) is 6. The number of furan rings is 1. The quantitative estimate of drug-likeness (QED) is 0.136. The molecule has 0 radical (unpaired) electrons. The van der Waals surface area contributed by atoms with Crippen LogP contribution in [-0.2, 0) is 0 Å². The van der Waals surface area contributed by atoms with Crippen LogP contribution >= 0.6 is 0 Å². The fraction of sp³-hybridized carbons (Fsp3) is 0. The Kier molecular flexibility index (Phi) is 11.1. The van der Waals surface area contributed by atoms with E-state index in [1.165, 1.54) is 0 Å². The summed E-state index contributed by atoms with van der Waals surface area (Å²) in [5.74, 6) is 0. The molecule has 6 heteroatoms. The van der Waals surface area contributed by atoms with Crippen LogP contribution in [-0.4, -0.2) is 24.9 Å². The smallest absolute Gasteiger partial charge is 0.143 e. The molecule has 0 spiro atoms. The molecule has 0 atom stereocenters. The predicted molar refractivity (Wildman–Crippen MR) is 297 cm³/mol. The maximum absolute atomic E-state index is 6.74. The van der Waals surface area contributed by atoms with Gasteiger partial charge in [0.2, 0.25) is 0 Å². The molecular weight excluding hydrogens is 891 g/mol. The van der Waals surface area contributed by atoms with Crippen molar-refractivity contribution >= 4 is 21.9 Å². The van der Waals surface area contributed by atoms with E-state index in [4.69, 9.17) is 19.4 Å². The van der Waals surface area contributed by atoms with Gasteiger partial charge in [-0.1, -0.05) is 140 Å². The van der Waals surface area contributed by atoms with Crippen LogP contribution in [0.3, 0.4) is 0 Å². The van der Waals surface area contributed by atoms with E-state index in [-0.39, 0.29) is 0 Å². The highest BCUT2D eigenvalue weighted by atomic mass is 16.3. The lowest BCUT2D eigenvalue weighted by Crippen LogP contribution is -1.94. The average molecular weight is 934 g/mol. The Morgan fingerprint density at radius 1 is 0.233 bits per heavy atom. The highest BCUT2D eigenvalue weighted by Gasteiger charge is 2.21. The number of benzene rings is 7. The Morgan fingerprint density at radius 2 is 0.658 bits per heavy atom. The summed E-state index contributed by atoms with van der Waals surface area (Å²) in [5, 5.41) is 2.16. The van der Waals surface area contributed by atoms with Gasteiger partial charge in [-0.25, -0.2) is 0 Å². The summed E-state index contributed by atoms with van der Waals surface area (Å²) in [7, 11) is 0. The fourth-order valence-electron chi connectivity index (χ4n) is 10.1. The van der Waals surface area contributed by atoms with Gasteiger partial charge in [0.05, 0.1) is 28.5 Å². The Hall–Kier alpha value is -9.91. The highest BCUT2D eigenvalue weighted by Crippen LogP contribution is 2.46. The van der Waals surface area contributed by atoms with Crippen molar-refractivity contribution in [3.63, 3.8) is 0 Å². The summed E-state index contributed by atoms with van der Waals surface area (Å²) in [6, 6.07) is 80.6. The standard InChI is InChI=1S/C67H43N5O/c1-4-19-53(54-32-29-44(61-25-9-12-35-68-61)41-60(54)59-24-15-23-58-57-22-7-8-28-66(57)73-67(58)59)50(16-1)47-38-48(51-17-2-5-20-55(51)64-33-30-45(42-71-64)62-26-10-13-36-69-62)40-49(39-47)52-18-3-6-21-56(52)65-34-31-46(43-72-65)63-27-11-14-37-70-63/h1-43H. The van der Waals surface area contributed by atoms with Gasteiger partial charge in [-0.2, -0.15) is 0 Å². The van der Waals surface area contributed by atoms with E-state index >= 15 is 0 Å². The lowest BCUT2D eigenvalue weighted by atomic mass is 9.85. The molecule has 0 aliphatic heterocycles. The van der Waals surface area contributed by atoms with E-state index in [1.807, 2.05) is 91.6 Å². The van der Waals surface area contributed by atoms with Crippen molar-refractivity contribution in [2.75, 3.05) is 0 Å². The van der Waals surface area contributed by atoms with Crippen molar-refractivity contribution in [3.05, 3.63) is 262 Å². The monoisotopic (exact) mass is 933 g/mol. The summed E-state index contributed by atoms with van der Waals surface area (Å²) < 4.78 is 6.74. The number of para-hydroxylation sites is 2. The second-order valence-corrected chi connectivity index (χ2v) is 18.0. The van der Waals surface area contributed by atoms with Gasteiger partial charge in [0.15, 0.2) is 0 Å². The number of aromatic nitrogens is 5. The number of rotatable bonds is 10. The molecule has 0 bridgehead atoms. The SMILES string of the molecule is c1ccc(-c2ccc(-c3ccccc3-c3cc(-c4ccccc4-c4ccc(-c5ccccn5)cn4)cc(-c4ccccc4-c4ccc(-c5ccccn5)cc4-c4cccc5c4oc4ccccc45)c3)nc2)nc1. The van der Waals surface area contributed by atoms with Gasteiger partial charge < -0.3 is 4.42 Å². The van der Waals surface area contributed by atoms with E-state index in [2.05, 4.69) is 180 Å². The van der Waals surface area contributed by atoms with Gasteiger partial charge in [0, 0.05) is 75.1 Å². The molecule has 73 heavy (non-hydrogen) atoms. The predicted octanol–water partition coefficient (Wildman–Crippen LogP) is 17.2. The normalized spacial score (nSPS) is 11.3. The lowest BCUT2D eigenvalue weighted by Gasteiger charge is -2.19. The number of fused-ring (bicyclic) bond motifs is 3. The van der Waals surface area contributed by atoms with Crippen molar-refractivity contribution in [2.45, 2.75) is 0 Å². The first-order valence-electron chi connectivity index (χ1n) is 24.4. The van der Waals surface area contributed by atoms with Gasteiger partial charge in [-0.3, -0.25) is 24.9 Å². The van der Waals surface area contributed by atoms with Crippen molar-refractivity contribution in [1.82, 2.24) is 24.9 Å². The topological polar surface area (TPSA) is 77.6 Å². The highest BCUT2D eigenvalue weighted by molar-refractivity contribution is 6.11. The maximum Gasteiger partial charge on any atom is 0.143 e. The minimum atomic E-state index is 0.849. The number of hydrogen-bond donors (Lipinski definition) is 0. The first kappa shape index (κ1) is 43.1. The van der Waals surface area contributed by atoms with Gasteiger partial charge in [0.1, 0.15) is 11.2 Å². The van der Waals surface area contributed by atoms with Gasteiger partial charge >= 0.3 is 0 Å². The first-order valence-corrected chi connectivity index (χ1v) is 24.4. The minimum absolute atomic E-state index is 0.849. The molecule has 0 aliphatic carbocycles. The molecule has 342 valence electrons. The Balaban J connectivity index is 1.01. The van der Waals surface area contributed by atoms with Crippen LogP contribution in [0, 0.1) is 0 Å². The lowest BCUT2D eigenvalue weighted by molar-refractivity contribution is 0.670. The first-order chi connectivity index (χ1) is 36.2. The van der Waals surface area contributed by atoms with E-state index in [0.29, 0.717) is 0 Å². The van der Waals surface area contributed by atoms with Crippen molar-refractivity contribution in [1.29, 1.82) is 0 Å². The second kappa shape index (κ2) is 18.8. The molecule has 6 heterocycles. The van der Waals surface area contributed by atoms with Crippen molar-refractivity contribution < 1.29 is 4.42 Å². The third-order valence-corrected chi connectivity index (χ3v) is 13.6. The molecule has 0 saturated carbocycles. The molecule has 7 aromatic carbocycles. The van der Waals surface area contributed by atoms with Gasteiger partial charge in [0.25, 0.3) is 0 Å². The fourth-order valence-corrected chi connectivity index (χ4v) is 10.1. The molecular formula is C67H43N5O. The van der Waals surface area contributed by atoms with Crippen LogP contribution < -0.4 is 0 Å².